The van der Waals surface area contributed by atoms with Gasteiger partial charge in [-0.2, -0.15) is 0 Å². The van der Waals surface area contributed by atoms with Crippen molar-refractivity contribution >= 4 is 54.4 Å². The van der Waals surface area contributed by atoms with Gasteiger partial charge in [0.1, 0.15) is 5.82 Å². The van der Waals surface area contributed by atoms with Crippen LogP contribution in [-0.2, 0) is 9.59 Å². The standard InChI is InChI=1S/C17H19BrFN3O2S/c1-2-4-15(23)22-6-3-5-10(9-22)16(24)21-17-20-13-8-12(19)11(18)7-14(13)25-17/h7-8,10H,2-6,9H2,1H3,(H,20,21,24). The first-order chi connectivity index (χ1) is 12.0. The SMILES string of the molecule is CCCC(=O)N1CCCC(C(=O)Nc2nc3cc(F)c(Br)cc3s2)C1. The molecule has 2 amide bonds. The second-order valence-electron chi connectivity index (χ2n) is 6.17. The third kappa shape index (κ3) is 4.17. The van der Waals surface area contributed by atoms with Gasteiger partial charge in [0.15, 0.2) is 5.13 Å². The monoisotopic (exact) mass is 427 g/mol. The number of halogens is 2. The molecule has 1 aliphatic heterocycles. The summed E-state index contributed by atoms with van der Waals surface area (Å²) in [5, 5.41) is 3.28. The van der Waals surface area contributed by atoms with Crippen LogP contribution in [0.25, 0.3) is 10.2 Å². The van der Waals surface area contributed by atoms with Crippen molar-refractivity contribution < 1.29 is 14.0 Å². The molecule has 1 aromatic carbocycles. The molecule has 1 aromatic heterocycles. The molecule has 1 N–H and O–H groups in total. The van der Waals surface area contributed by atoms with Crippen molar-refractivity contribution in [3.05, 3.63) is 22.4 Å². The number of thiazole rings is 1. The van der Waals surface area contributed by atoms with Gasteiger partial charge in [0.2, 0.25) is 11.8 Å². The zero-order chi connectivity index (χ0) is 18.0. The van der Waals surface area contributed by atoms with Crippen LogP contribution in [0, 0.1) is 11.7 Å². The van der Waals surface area contributed by atoms with Gasteiger partial charge in [-0.1, -0.05) is 18.3 Å². The van der Waals surface area contributed by atoms with E-state index in [9.17, 15) is 14.0 Å². The van der Waals surface area contributed by atoms with Crippen LogP contribution in [0.1, 0.15) is 32.6 Å². The number of carbonyl (C=O) groups excluding carboxylic acids is 2. The zero-order valence-electron chi connectivity index (χ0n) is 13.8. The number of anilines is 1. The lowest BCUT2D eigenvalue weighted by Gasteiger charge is -2.31. The molecule has 1 saturated heterocycles. The van der Waals surface area contributed by atoms with E-state index in [2.05, 4.69) is 26.2 Å². The van der Waals surface area contributed by atoms with Crippen molar-refractivity contribution in [2.45, 2.75) is 32.6 Å². The smallest absolute Gasteiger partial charge is 0.231 e. The fraction of sp³-hybridized carbons (Fsp3) is 0.471. The van der Waals surface area contributed by atoms with E-state index >= 15 is 0 Å². The van der Waals surface area contributed by atoms with Gasteiger partial charge in [-0.3, -0.25) is 9.59 Å². The molecule has 1 aliphatic rings. The number of nitrogens with zero attached hydrogens (tertiary/aromatic N) is 2. The van der Waals surface area contributed by atoms with E-state index in [0.717, 1.165) is 30.5 Å². The van der Waals surface area contributed by atoms with Crippen LogP contribution in [0.4, 0.5) is 9.52 Å². The Morgan fingerprint density at radius 1 is 1.48 bits per heavy atom. The molecule has 0 saturated carbocycles. The second-order valence-corrected chi connectivity index (χ2v) is 8.06. The number of benzene rings is 1. The number of piperidine rings is 1. The van der Waals surface area contributed by atoms with E-state index in [1.54, 1.807) is 11.0 Å². The van der Waals surface area contributed by atoms with Crippen molar-refractivity contribution in [3.8, 4) is 0 Å². The first kappa shape index (κ1) is 18.3. The summed E-state index contributed by atoms with van der Waals surface area (Å²) in [7, 11) is 0. The maximum absolute atomic E-state index is 13.6. The Bertz CT molecular complexity index is 772. The highest BCUT2D eigenvalue weighted by molar-refractivity contribution is 9.10. The first-order valence-electron chi connectivity index (χ1n) is 8.32. The van der Waals surface area contributed by atoms with Crippen LogP contribution in [0.15, 0.2) is 16.6 Å². The van der Waals surface area contributed by atoms with Gasteiger partial charge in [0.05, 0.1) is 20.6 Å². The maximum atomic E-state index is 13.6. The number of aromatic nitrogens is 1. The van der Waals surface area contributed by atoms with Gasteiger partial charge in [-0.25, -0.2) is 9.37 Å². The summed E-state index contributed by atoms with van der Waals surface area (Å²) in [5.41, 5.74) is 0.518. The Balaban J connectivity index is 1.68. The van der Waals surface area contributed by atoms with Crippen molar-refractivity contribution in [2.75, 3.05) is 18.4 Å². The van der Waals surface area contributed by atoms with E-state index in [1.807, 2.05) is 6.92 Å². The molecular weight excluding hydrogens is 409 g/mol. The molecule has 8 heteroatoms. The Morgan fingerprint density at radius 2 is 2.28 bits per heavy atom. The minimum Gasteiger partial charge on any atom is -0.342 e. The number of hydrogen-bond donors (Lipinski definition) is 1. The highest BCUT2D eigenvalue weighted by Gasteiger charge is 2.28. The third-order valence-corrected chi connectivity index (χ3v) is 5.81. The highest BCUT2D eigenvalue weighted by Crippen LogP contribution is 2.31. The molecule has 3 rings (SSSR count). The van der Waals surface area contributed by atoms with E-state index in [4.69, 9.17) is 0 Å². The van der Waals surface area contributed by atoms with Crippen LogP contribution in [0.2, 0.25) is 0 Å². The molecule has 0 radical (unpaired) electrons. The van der Waals surface area contributed by atoms with Crippen molar-refractivity contribution in [2.24, 2.45) is 5.92 Å². The maximum Gasteiger partial charge on any atom is 0.231 e. The Morgan fingerprint density at radius 3 is 3.04 bits per heavy atom. The molecule has 0 bridgehead atoms. The largest absolute Gasteiger partial charge is 0.342 e. The molecule has 0 spiro atoms. The summed E-state index contributed by atoms with van der Waals surface area (Å²) < 4.78 is 14.8. The predicted octanol–water partition coefficient (Wildman–Crippen LogP) is 4.18. The van der Waals surface area contributed by atoms with Gasteiger partial charge >= 0.3 is 0 Å². The predicted molar refractivity (Wildman–Crippen MR) is 100 cm³/mol. The molecule has 25 heavy (non-hydrogen) atoms. The van der Waals surface area contributed by atoms with Crippen LogP contribution in [0.3, 0.4) is 0 Å². The average Bonchev–Trinajstić information content (AvgIpc) is 2.96. The van der Waals surface area contributed by atoms with E-state index in [0.29, 0.717) is 28.1 Å². The zero-order valence-corrected chi connectivity index (χ0v) is 16.3. The Kier molecular flexibility index (Phi) is 5.68. The molecule has 1 fully saturated rings. The number of hydrogen-bond acceptors (Lipinski definition) is 4. The number of carbonyl (C=O) groups is 2. The number of likely N-dealkylation sites (tertiary alicyclic amines) is 1. The lowest BCUT2D eigenvalue weighted by Crippen LogP contribution is -2.43. The lowest BCUT2D eigenvalue weighted by molar-refractivity contribution is -0.134. The van der Waals surface area contributed by atoms with Crippen LogP contribution in [-0.4, -0.2) is 34.8 Å². The van der Waals surface area contributed by atoms with Gasteiger partial charge in [-0.05, 0) is 41.3 Å². The minimum atomic E-state index is -0.381. The summed E-state index contributed by atoms with van der Waals surface area (Å²) in [6, 6.07) is 3.00. The molecule has 1 unspecified atom stereocenters. The van der Waals surface area contributed by atoms with E-state index < -0.39 is 0 Å². The van der Waals surface area contributed by atoms with Crippen LogP contribution >= 0.6 is 27.3 Å². The molecule has 0 aliphatic carbocycles. The Hall–Kier alpha value is -1.54. The fourth-order valence-corrected chi connectivity index (χ4v) is 4.36. The topological polar surface area (TPSA) is 62.3 Å². The fourth-order valence-electron chi connectivity index (χ4n) is 2.97. The minimum absolute atomic E-state index is 0.111. The second kappa shape index (κ2) is 7.78. The highest BCUT2D eigenvalue weighted by atomic mass is 79.9. The quantitative estimate of drug-likeness (QED) is 0.795. The van der Waals surface area contributed by atoms with Gasteiger partial charge in [0.25, 0.3) is 0 Å². The molecule has 2 heterocycles. The summed E-state index contributed by atoms with van der Waals surface area (Å²) in [6.45, 7) is 3.15. The summed E-state index contributed by atoms with van der Waals surface area (Å²) in [5.74, 6) is -0.633. The number of amides is 2. The summed E-state index contributed by atoms with van der Waals surface area (Å²) in [6.07, 6.45) is 2.91. The van der Waals surface area contributed by atoms with Gasteiger partial charge in [-0.15, -0.1) is 0 Å². The molecule has 134 valence electrons. The van der Waals surface area contributed by atoms with Crippen LogP contribution < -0.4 is 5.32 Å². The van der Waals surface area contributed by atoms with Gasteiger partial charge in [0, 0.05) is 25.6 Å². The van der Waals surface area contributed by atoms with Crippen molar-refractivity contribution in [3.63, 3.8) is 0 Å². The van der Waals surface area contributed by atoms with Gasteiger partial charge < -0.3 is 10.2 Å². The molecule has 5 nitrogen and oxygen atoms in total. The molecule has 1 atom stereocenters. The molecular formula is C17H19BrFN3O2S. The van der Waals surface area contributed by atoms with Crippen LogP contribution in [0.5, 0.6) is 0 Å². The number of rotatable bonds is 4. The van der Waals surface area contributed by atoms with Crippen molar-refractivity contribution in [1.82, 2.24) is 9.88 Å². The lowest BCUT2D eigenvalue weighted by atomic mass is 9.97. The summed E-state index contributed by atoms with van der Waals surface area (Å²) >= 11 is 4.46. The van der Waals surface area contributed by atoms with Crippen molar-refractivity contribution in [1.29, 1.82) is 0 Å². The number of fused-ring (bicyclic) bond motifs is 1. The molecule has 2 aromatic rings. The third-order valence-electron chi connectivity index (χ3n) is 4.27. The number of nitrogens with one attached hydrogen (secondary N) is 1. The van der Waals surface area contributed by atoms with E-state index in [1.165, 1.54) is 17.4 Å². The Labute approximate surface area is 157 Å². The first-order valence-corrected chi connectivity index (χ1v) is 9.93. The average molecular weight is 428 g/mol. The normalized spacial score (nSPS) is 17.7. The summed E-state index contributed by atoms with van der Waals surface area (Å²) in [4.78, 5) is 30.6. The van der Waals surface area contributed by atoms with E-state index in [-0.39, 0.29) is 23.5 Å².